The third-order valence-corrected chi connectivity index (χ3v) is 4.39. The van der Waals surface area contributed by atoms with E-state index < -0.39 is 0 Å². The Morgan fingerprint density at radius 1 is 1.12 bits per heavy atom. The van der Waals surface area contributed by atoms with Crippen LogP contribution in [-0.4, -0.2) is 22.3 Å². The maximum absolute atomic E-state index is 12.6. The number of aromatic nitrogens is 2. The van der Waals surface area contributed by atoms with Crippen LogP contribution in [0.2, 0.25) is 0 Å². The van der Waals surface area contributed by atoms with E-state index in [1.165, 1.54) is 4.68 Å². The minimum atomic E-state index is -0.149. The molecule has 4 heteroatoms. The number of fused-ring (bicyclic) bond motifs is 1. The average Bonchev–Trinajstić information content (AvgIpc) is 2.87. The van der Waals surface area contributed by atoms with E-state index in [9.17, 15) is 4.79 Å². The first kappa shape index (κ1) is 17.2. The van der Waals surface area contributed by atoms with Crippen molar-refractivity contribution in [3.05, 3.63) is 59.4 Å². The number of hydrogen-bond donors (Lipinski definition) is 0. The molecule has 1 aromatic heterocycles. The Balaban J connectivity index is 1.79. The topological polar surface area (TPSA) is 44.1 Å². The molecule has 0 aliphatic carbocycles. The summed E-state index contributed by atoms with van der Waals surface area (Å²) in [7, 11) is 0. The summed E-state index contributed by atoms with van der Waals surface area (Å²) >= 11 is 0. The molecule has 0 atom stereocenters. The van der Waals surface area contributed by atoms with E-state index in [1.807, 2.05) is 56.3 Å². The minimum Gasteiger partial charge on any atom is -0.483 e. The van der Waals surface area contributed by atoms with Gasteiger partial charge in [-0.15, -0.1) is 0 Å². The zero-order valence-corrected chi connectivity index (χ0v) is 15.2. The van der Waals surface area contributed by atoms with Gasteiger partial charge >= 0.3 is 0 Å². The zero-order chi connectivity index (χ0) is 18.0. The highest BCUT2D eigenvalue weighted by molar-refractivity contribution is 5.88. The molecule has 0 fully saturated rings. The number of nitrogens with zero attached hydrogens (tertiary/aromatic N) is 2. The summed E-state index contributed by atoms with van der Waals surface area (Å²) in [5.41, 5.74) is 3.00. The first-order chi connectivity index (χ1) is 12.0. The summed E-state index contributed by atoms with van der Waals surface area (Å²) in [6.45, 7) is 8.22. The molecule has 1 heterocycles. The summed E-state index contributed by atoms with van der Waals surface area (Å²) in [5.74, 6) is 1.09. The van der Waals surface area contributed by atoms with Crippen LogP contribution in [0.4, 0.5) is 0 Å². The molecule has 0 aliphatic rings. The van der Waals surface area contributed by atoms with Crippen LogP contribution in [0.3, 0.4) is 0 Å². The van der Waals surface area contributed by atoms with Gasteiger partial charge in [0.15, 0.2) is 6.61 Å². The van der Waals surface area contributed by atoms with Crippen LogP contribution in [-0.2, 0) is 6.42 Å². The lowest BCUT2D eigenvalue weighted by atomic mass is 10.0. The Morgan fingerprint density at radius 3 is 2.60 bits per heavy atom. The molecule has 0 bridgehead atoms. The van der Waals surface area contributed by atoms with Gasteiger partial charge in [0.25, 0.3) is 5.91 Å². The molecule has 25 heavy (non-hydrogen) atoms. The number of benzene rings is 2. The van der Waals surface area contributed by atoms with Crippen LogP contribution in [0.5, 0.6) is 5.75 Å². The Morgan fingerprint density at radius 2 is 1.84 bits per heavy atom. The highest BCUT2D eigenvalue weighted by atomic mass is 16.5. The molecule has 2 aromatic carbocycles. The molecular formula is C21H24N2O2. The molecule has 0 amide bonds. The first-order valence-corrected chi connectivity index (χ1v) is 8.66. The van der Waals surface area contributed by atoms with Crippen molar-refractivity contribution in [3.63, 3.8) is 0 Å². The maximum atomic E-state index is 12.6. The summed E-state index contributed by atoms with van der Waals surface area (Å²) in [5, 5.41) is 6.53. The second kappa shape index (κ2) is 7.09. The van der Waals surface area contributed by atoms with Gasteiger partial charge in [-0.3, -0.25) is 4.79 Å². The Bertz CT molecular complexity index is 904. The van der Waals surface area contributed by atoms with Crippen molar-refractivity contribution in [1.82, 2.24) is 9.78 Å². The van der Waals surface area contributed by atoms with E-state index in [-0.39, 0.29) is 12.5 Å². The van der Waals surface area contributed by atoms with Gasteiger partial charge in [-0.05, 0) is 43.2 Å². The second-order valence-corrected chi connectivity index (χ2v) is 6.82. The quantitative estimate of drug-likeness (QED) is 0.685. The molecule has 0 aliphatic heterocycles. The van der Waals surface area contributed by atoms with E-state index in [1.54, 1.807) is 0 Å². The third kappa shape index (κ3) is 3.58. The van der Waals surface area contributed by atoms with Crippen molar-refractivity contribution in [3.8, 4) is 5.75 Å². The van der Waals surface area contributed by atoms with Gasteiger partial charge in [0, 0.05) is 11.1 Å². The SMILES string of the molecule is Cc1nn(C(=O)COc2cccc3ccccc23)c(C)c1CC(C)C. The van der Waals surface area contributed by atoms with Gasteiger partial charge in [0.2, 0.25) is 0 Å². The molecule has 0 N–H and O–H groups in total. The smallest absolute Gasteiger partial charge is 0.284 e. The zero-order valence-electron chi connectivity index (χ0n) is 15.2. The van der Waals surface area contributed by atoms with Gasteiger partial charge < -0.3 is 4.74 Å². The third-order valence-electron chi connectivity index (χ3n) is 4.39. The van der Waals surface area contributed by atoms with E-state index in [0.29, 0.717) is 5.92 Å². The van der Waals surface area contributed by atoms with Gasteiger partial charge in [-0.25, -0.2) is 4.68 Å². The van der Waals surface area contributed by atoms with Crippen LogP contribution >= 0.6 is 0 Å². The van der Waals surface area contributed by atoms with Crippen molar-refractivity contribution in [2.75, 3.05) is 6.61 Å². The maximum Gasteiger partial charge on any atom is 0.284 e. The molecule has 0 unspecified atom stereocenters. The van der Waals surface area contributed by atoms with Crippen molar-refractivity contribution >= 4 is 16.7 Å². The number of hydrogen-bond acceptors (Lipinski definition) is 3. The Labute approximate surface area is 148 Å². The van der Waals surface area contributed by atoms with Crippen LogP contribution < -0.4 is 4.74 Å². The molecule has 0 saturated heterocycles. The van der Waals surface area contributed by atoms with Crippen LogP contribution in [0.15, 0.2) is 42.5 Å². The number of carbonyl (C=O) groups excluding carboxylic acids is 1. The summed E-state index contributed by atoms with van der Waals surface area (Å²) in [6.07, 6.45) is 0.926. The van der Waals surface area contributed by atoms with Crippen molar-refractivity contribution in [2.45, 2.75) is 34.1 Å². The lowest BCUT2D eigenvalue weighted by Crippen LogP contribution is -2.22. The molecule has 0 radical (unpaired) electrons. The molecule has 0 spiro atoms. The second-order valence-electron chi connectivity index (χ2n) is 6.82. The van der Waals surface area contributed by atoms with Crippen LogP contribution in [0.25, 0.3) is 10.8 Å². The summed E-state index contributed by atoms with van der Waals surface area (Å²) < 4.78 is 7.29. The molecule has 130 valence electrons. The highest BCUT2D eigenvalue weighted by Gasteiger charge is 2.18. The molecular weight excluding hydrogens is 312 g/mol. The largest absolute Gasteiger partial charge is 0.483 e. The lowest BCUT2D eigenvalue weighted by molar-refractivity contribution is 0.0819. The highest BCUT2D eigenvalue weighted by Crippen LogP contribution is 2.25. The Kier molecular flexibility index (Phi) is 4.88. The number of rotatable bonds is 5. The summed E-state index contributed by atoms with van der Waals surface area (Å²) in [6, 6.07) is 13.8. The van der Waals surface area contributed by atoms with Gasteiger partial charge in [-0.1, -0.05) is 50.2 Å². The van der Waals surface area contributed by atoms with Crippen molar-refractivity contribution in [2.24, 2.45) is 5.92 Å². The normalized spacial score (nSPS) is 11.2. The molecule has 4 nitrogen and oxygen atoms in total. The molecule has 3 rings (SSSR count). The summed E-state index contributed by atoms with van der Waals surface area (Å²) in [4.78, 5) is 12.6. The number of aryl methyl sites for hydroxylation is 1. The van der Waals surface area contributed by atoms with E-state index in [2.05, 4.69) is 18.9 Å². The molecule has 0 saturated carbocycles. The van der Waals surface area contributed by atoms with Gasteiger partial charge in [-0.2, -0.15) is 5.10 Å². The minimum absolute atomic E-state index is 0.0307. The standard InChI is InChI=1S/C21H24N2O2/c1-14(2)12-19-15(3)22-23(16(19)4)21(24)13-25-20-11-7-9-17-8-5-6-10-18(17)20/h5-11,14H,12-13H2,1-4H3. The first-order valence-electron chi connectivity index (χ1n) is 8.66. The van der Waals surface area contributed by atoms with Crippen LogP contribution in [0.1, 0.15) is 35.6 Å². The molecule has 3 aromatic rings. The monoisotopic (exact) mass is 336 g/mol. The van der Waals surface area contributed by atoms with Crippen LogP contribution in [0, 0.1) is 19.8 Å². The lowest BCUT2D eigenvalue weighted by Gasteiger charge is -2.10. The fourth-order valence-electron chi connectivity index (χ4n) is 3.14. The average molecular weight is 336 g/mol. The van der Waals surface area contributed by atoms with E-state index in [0.717, 1.165) is 39.9 Å². The predicted octanol–water partition coefficient (Wildman–Crippen LogP) is 4.57. The van der Waals surface area contributed by atoms with Gasteiger partial charge in [0.1, 0.15) is 5.75 Å². The van der Waals surface area contributed by atoms with E-state index >= 15 is 0 Å². The van der Waals surface area contributed by atoms with Gasteiger partial charge in [0.05, 0.1) is 5.69 Å². The number of ether oxygens (including phenoxy) is 1. The fraction of sp³-hybridized carbons (Fsp3) is 0.333. The fourth-order valence-corrected chi connectivity index (χ4v) is 3.14. The Hall–Kier alpha value is -2.62. The van der Waals surface area contributed by atoms with E-state index in [4.69, 9.17) is 4.74 Å². The predicted molar refractivity (Wildman–Crippen MR) is 100 cm³/mol. The van der Waals surface area contributed by atoms with Crippen molar-refractivity contribution < 1.29 is 9.53 Å². The van der Waals surface area contributed by atoms with Crippen molar-refractivity contribution in [1.29, 1.82) is 0 Å². The number of carbonyl (C=O) groups is 1.